The number of aryl methyl sites for hydroxylation is 2. The fourth-order valence-corrected chi connectivity index (χ4v) is 2.65. The van der Waals surface area contributed by atoms with E-state index in [0.29, 0.717) is 5.82 Å². The number of nitrogens with one attached hydrogen (secondary N) is 1. The zero-order chi connectivity index (χ0) is 18.1. The number of hydrogen-bond acceptors (Lipinski definition) is 3. The van der Waals surface area contributed by atoms with Gasteiger partial charge in [-0.05, 0) is 13.0 Å². The van der Waals surface area contributed by atoms with E-state index in [-0.39, 0.29) is 5.69 Å². The van der Waals surface area contributed by atoms with Gasteiger partial charge in [0.15, 0.2) is 0 Å². The summed E-state index contributed by atoms with van der Waals surface area (Å²) in [6.07, 6.45) is -2.73. The van der Waals surface area contributed by atoms with Crippen molar-refractivity contribution in [1.29, 1.82) is 0 Å². The second-order valence-electron chi connectivity index (χ2n) is 5.64. The standard InChI is InChI=1S/C17H17F2N5O/c1-10-14(11-7-5-4-6-8-11)22-24(3)16(10)20-17(25)13-9-12(15(18)19)21-23(13)2/h4-9,15H,1-3H3,(H,20,25). The number of rotatable bonds is 4. The van der Waals surface area contributed by atoms with E-state index >= 15 is 0 Å². The molecule has 0 fully saturated rings. The maximum absolute atomic E-state index is 12.7. The number of amides is 1. The van der Waals surface area contributed by atoms with Crippen LogP contribution in [0.4, 0.5) is 14.6 Å². The first-order valence-electron chi connectivity index (χ1n) is 7.61. The van der Waals surface area contributed by atoms with Crippen LogP contribution in [-0.2, 0) is 14.1 Å². The smallest absolute Gasteiger partial charge is 0.282 e. The van der Waals surface area contributed by atoms with Crippen LogP contribution in [0.1, 0.15) is 28.2 Å². The minimum absolute atomic E-state index is 0.0529. The number of carbonyl (C=O) groups excluding carboxylic acids is 1. The van der Waals surface area contributed by atoms with Crippen molar-refractivity contribution in [3.8, 4) is 11.3 Å². The van der Waals surface area contributed by atoms with Crippen molar-refractivity contribution in [3.05, 3.63) is 53.3 Å². The first kappa shape index (κ1) is 16.8. The Morgan fingerprint density at radius 3 is 2.40 bits per heavy atom. The second-order valence-corrected chi connectivity index (χ2v) is 5.64. The average Bonchev–Trinajstić information content (AvgIpc) is 3.11. The van der Waals surface area contributed by atoms with Gasteiger partial charge in [0.1, 0.15) is 17.2 Å². The molecule has 8 heteroatoms. The Hall–Kier alpha value is -3.03. The van der Waals surface area contributed by atoms with Crippen molar-refractivity contribution in [3.63, 3.8) is 0 Å². The molecule has 0 radical (unpaired) electrons. The lowest BCUT2D eigenvalue weighted by molar-refractivity contribution is 0.101. The molecule has 1 amide bonds. The molecule has 0 saturated carbocycles. The van der Waals surface area contributed by atoms with Crippen LogP contribution >= 0.6 is 0 Å². The molecule has 0 bridgehead atoms. The van der Waals surface area contributed by atoms with Gasteiger partial charge in [-0.1, -0.05) is 30.3 Å². The summed E-state index contributed by atoms with van der Waals surface area (Å²) in [5.41, 5.74) is 2.09. The third kappa shape index (κ3) is 3.15. The van der Waals surface area contributed by atoms with Gasteiger partial charge in [-0.3, -0.25) is 14.2 Å². The highest BCUT2D eigenvalue weighted by Crippen LogP contribution is 2.28. The molecule has 2 aromatic heterocycles. The van der Waals surface area contributed by atoms with Gasteiger partial charge in [0.2, 0.25) is 0 Å². The summed E-state index contributed by atoms with van der Waals surface area (Å²) in [5.74, 6) is -0.0174. The summed E-state index contributed by atoms with van der Waals surface area (Å²) >= 11 is 0. The summed E-state index contributed by atoms with van der Waals surface area (Å²) in [6.45, 7) is 1.85. The number of nitrogens with zero attached hydrogens (tertiary/aromatic N) is 4. The van der Waals surface area contributed by atoms with Gasteiger partial charge in [0.05, 0.1) is 5.69 Å². The highest BCUT2D eigenvalue weighted by molar-refractivity contribution is 6.03. The lowest BCUT2D eigenvalue weighted by atomic mass is 10.1. The van der Waals surface area contributed by atoms with Crippen molar-refractivity contribution < 1.29 is 13.6 Å². The molecule has 1 aromatic carbocycles. The topological polar surface area (TPSA) is 64.7 Å². The van der Waals surface area contributed by atoms with Gasteiger partial charge in [0, 0.05) is 25.2 Å². The van der Waals surface area contributed by atoms with Gasteiger partial charge in [0.25, 0.3) is 12.3 Å². The monoisotopic (exact) mass is 345 g/mol. The number of hydrogen-bond donors (Lipinski definition) is 1. The summed E-state index contributed by atoms with van der Waals surface area (Å²) in [4.78, 5) is 12.5. The van der Waals surface area contributed by atoms with E-state index in [4.69, 9.17) is 0 Å². The van der Waals surface area contributed by atoms with Crippen molar-refractivity contribution in [2.45, 2.75) is 13.3 Å². The molecule has 130 valence electrons. The van der Waals surface area contributed by atoms with Crippen LogP contribution in [0.25, 0.3) is 11.3 Å². The normalized spacial score (nSPS) is 11.1. The first-order valence-corrected chi connectivity index (χ1v) is 7.61. The first-order chi connectivity index (χ1) is 11.9. The number of halogens is 2. The fourth-order valence-electron chi connectivity index (χ4n) is 2.65. The highest BCUT2D eigenvalue weighted by atomic mass is 19.3. The molecule has 6 nitrogen and oxygen atoms in total. The van der Waals surface area contributed by atoms with E-state index in [2.05, 4.69) is 15.5 Å². The quantitative estimate of drug-likeness (QED) is 0.789. The van der Waals surface area contributed by atoms with Crippen LogP contribution in [-0.4, -0.2) is 25.5 Å². The largest absolute Gasteiger partial charge is 0.305 e. The predicted octanol–water partition coefficient (Wildman–Crippen LogP) is 3.32. The van der Waals surface area contributed by atoms with Crippen molar-refractivity contribution in [2.75, 3.05) is 5.32 Å². The summed E-state index contributed by atoms with van der Waals surface area (Å²) < 4.78 is 28.2. The van der Waals surface area contributed by atoms with E-state index in [1.807, 2.05) is 37.3 Å². The molecule has 0 saturated heterocycles. The number of carbonyl (C=O) groups is 1. The van der Waals surface area contributed by atoms with Crippen LogP contribution < -0.4 is 5.32 Å². The van der Waals surface area contributed by atoms with Crippen LogP contribution in [0.5, 0.6) is 0 Å². The van der Waals surface area contributed by atoms with Crippen LogP contribution in [0.15, 0.2) is 36.4 Å². The Bertz CT molecular complexity index is 915. The van der Waals surface area contributed by atoms with Crippen molar-refractivity contribution >= 4 is 11.7 Å². The number of benzene rings is 1. The third-order valence-electron chi connectivity index (χ3n) is 3.92. The fraction of sp³-hybridized carbons (Fsp3) is 0.235. The number of aromatic nitrogens is 4. The van der Waals surface area contributed by atoms with E-state index in [1.165, 1.54) is 7.05 Å². The Labute approximate surface area is 143 Å². The van der Waals surface area contributed by atoms with E-state index in [0.717, 1.165) is 27.6 Å². The molecule has 25 heavy (non-hydrogen) atoms. The van der Waals surface area contributed by atoms with Crippen LogP contribution in [0, 0.1) is 6.92 Å². The maximum atomic E-state index is 12.7. The van der Waals surface area contributed by atoms with E-state index in [9.17, 15) is 13.6 Å². The van der Waals surface area contributed by atoms with Crippen LogP contribution in [0.3, 0.4) is 0 Å². The molecule has 3 rings (SSSR count). The molecule has 0 atom stereocenters. The van der Waals surface area contributed by atoms with Gasteiger partial charge < -0.3 is 5.32 Å². The third-order valence-corrected chi connectivity index (χ3v) is 3.92. The zero-order valence-electron chi connectivity index (χ0n) is 14.0. The lowest BCUT2D eigenvalue weighted by Crippen LogP contribution is -2.18. The van der Waals surface area contributed by atoms with Gasteiger partial charge in [-0.25, -0.2) is 8.78 Å². The Balaban J connectivity index is 1.91. The SMILES string of the molecule is Cc1c(-c2ccccc2)nn(C)c1NC(=O)c1cc(C(F)F)nn1C. The molecular formula is C17H17F2N5O. The molecule has 0 aliphatic carbocycles. The van der Waals surface area contributed by atoms with E-state index < -0.39 is 18.0 Å². The predicted molar refractivity (Wildman–Crippen MR) is 89.5 cm³/mol. The maximum Gasteiger partial charge on any atom is 0.282 e. The minimum Gasteiger partial charge on any atom is -0.305 e. The molecular weight excluding hydrogens is 328 g/mol. The minimum atomic E-state index is -2.73. The summed E-state index contributed by atoms with van der Waals surface area (Å²) in [7, 11) is 3.16. The molecule has 3 aromatic rings. The molecule has 0 spiro atoms. The van der Waals surface area contributed by atoms with E-state index in [1.54, 1.807) is 11.7 Å². The van der Waals surface area contributed by atoms with Crippen molar-refractivity contribution in [1.82, 2.24) is 19.6 Å². The summed E-state index contributed by atoms with van der Waals surface area (Å²) in [6, 6.07) is 10.7. The molecule has 0 aliphatic rings. The Morgan fingerprint density at radius 1 is 1.12 bits per heavy atom. The number of alkyl halides is 2. The Kier molecular flexibility index (Phi) is 4.35. The van der Waals surface area contributed by atoms with Crippen LogP contribution in [0.2, 0.25) is 0 Å². The summed E-state index contributed by atoms with van der Waals surface area (Å²) in [5, 5.41) is 10.8. The van der Waals surface area contributed by atoms with Gasteiger partial charge >= 0.3 is 0 Å². The Morgan fingerprint density at radius 2 is 1.80 bits per heavy atom. The molecule has 2 heterocycles. The molecule has 1 N–H and O–H groups in total. The molecule has 0 aliphatic heterocycles. The molecule has 0 unspecified atom stereocenters. The van der Waals surface area contributed by atoms with Crippen molar-refractivity contribution in [2.24, 2.45) is 14.1 Å². The highest BCUT2D eigenvalue weighted by Gasteiger charge is 2.21. The van der Waals surface area contributed by atoms with Gasteiger partial charge in [-0.2, -0.15) is 10.2 Å². The zero-order valence-corrected chi connectivity index (χ0v) is 14.0. The second kappa shape index (κ2) is 6.46. The lowest BCUT2D eigenvalue weighted by Gasteiger charge is -2.06. The average molecular weight is 345 g/mol. The van der Waals surface area contributed by atoms with Gasteiger partial charge in [-0.15, -0.1) is 0 Å². The number of anilines is 1.